The van der Waals surface area contributed by atoms with Crippen LogP contribution in [0.25, 0.3) is 0 Å². The Morgan fingerprint density at radius 3 is 2.94 bits per heavy atom. The molecule has 0 saturated heterocycles. The van der Waals surface area contributed by atoms with Crippen molar-refractivity contribution in [2.45, 2.75) is 13.0 Å². The zero-order valence-corrected chi connectivity index (χ0v) is 9.49. The van der Waals surface area contributed by atoms with E-state index in [4.69, 9.17) is 15.9 Å². The molecule has 0 aliphatic carbocycles. The second kappa shape index (κ2) is 6.64. The normalized spacial score (nSPS) is 9.56. The maximum Gasteiger partial charge on any atom is 0.218 e. The van der Waals surface area contributed by atoms with Crippen molar-refractivity contribution in [2.24, 2.45) is 0 Å². The van der Waals surface area contributed by atoms with E-state index in [2.05, 4.69) is 21.2 Å². The van der Waals surface area contributed by atoms with Crippen LogP contribution >= 0.6 is 0 Å². The number of rotatable bonds is 6. The van der Waals surface area contributed by atoms with E-state index in [1.807, 2.05) is 0 Å². The Hall–Kier alpha value is -1.80. The minimum atomic E-state index is 0.348. The lowest BCUT2D eigenvalue weighted by molar-refractivity contribution is 0.176. The Bertz CT molecular complexity index is 374. The molecule has 0 aliphatic heterocycles. The third kappa shape index (κ3) is 3.75. The van der Waals surface area contributed by atoms with E-state index in [1.165, 1.54) is 0 Å². The number of nitrogens with one attached hydrogen (secondary N) is 1. The number of hydrogen-bond donors (Lipinski definition) is 1. The summed E-state index contributed by atoms with van der Waals surface area (Å²) in [5, 5.41) is 2.93. The van der Waals surface area contributed by atoms with Crippen LogP contribution in [-0.2, 0) is 11.3 Å². The van der Waals surface area contributed by atoms with Crippen molar-refractivity contribution >= 4 is 5.82 Å². The highest BCUT2D eigenvalue weighted by molar-refractivity contribution is 5.37. The molecular formula is C11H15N3O2. The van der Waals surface area contributed by atoms with Gasteiger partial charge >= 0.3 is 0 Å². The Balaban J connectivity index is 2.74. The van der Waals surface area contributed by atoms with Crippen LogP contribution in [0.1, 0.15) is 12.2 Å². The first-order chi connectivity index (χ1) is 7.80. The fourth-order valence-corrected chi connectivity index (χ4v) is 1.08. The highest BCUT2D eigenvalue weighted by Crippen LogP contribution is 2.13. The molecule has 1 heterocycles. The summed E-state index contributed by atoms with van der Waals surface area (Å²) in [5.74, 6) is 4.27. The highest BCUT2D eigenvalue weighted by atomic mass is 16.5. The first-order valence-electron chi connectivity index (χ1n) is 4.91. The smallest absolute Gasteiger partial charge is 0.218 e. The van der Waals surface area contributed by atoms with Gasteiger partial charge in [-0.15, -0.1) is 12.3 Å². The van der Waals surface area contributed by atoms with Gasteiger partial charge in [0.05, 0.1) is 0 Å². The summed E-state index contributed by atoms with van der Waals surface area (Å²) in [6.07, 6.45) is 5.69. The lowest BCUT2D eigenvalue weighted by Gasteiger charge is -2.07. The molecule has 1 aromatic heterocycles. The SMILES string of the molecule is C#CCCOc1cc(NC)nc(COC)n1. The lowest BCUT2D eigenvalue weighted by atomic mass is 10.5. The molecule has 86 valence electrons. The number of aromatic nitrogens is 2. The Morgan fingerprint density at radius 1 is 1.50 bits per heavy atom. The molecule has 1 N–H and O–H groups in total. The van der Waals surface area contributed by atoms with Crippen LogP contribution in [0.4, 0.5) is 5.82 Å². The fraction of sp³-hybridized carbons (Fsp3) is 0.455. The predicted molar refractivity (Wildman–Crippen MR) is 61.2 cm³/mol. The van der Waals surface area contributed by atoms with Gasteiger partial charge in [-0.1, -0.05) is 0 Å². The van der Waals surface area contributed by atoms with Crippen LogP contribution in [0.2, 0.25) is 0 Å². The highest BCUT2D eigenvalue weighted by Gasteiger charge is 2.04. The average Bonchev–Trinajstić information content (AvgIpc) is 2.29. The van der Waals surface area contributed by atoms with E-state index in [1.54, 1.807) is 20.2 Å². The summed E-state index contributed by atoms with van der Waals surface area (Å²) < 4.78 is 10.4. The van der Waals surface area contributed by atoms with Crippen molar-refractivity contribution in [3.05, 3.63) is 11.9 Å². The summed E-state index contributed by atoms with van der Waals surface area (Å²) in [5.41, 5.74) is 0. The van der Waals surface area contributed by atoms with Gasteiger partial charge in [-0.05, 0) is 0 Å². The Kier molecular flexibility index (Phi) is 5.09. The van der Waals surface area contributed by atoms with Gasteiger partial charge in [0.1, 0.15) is 19.0 Å². The molecule has 5 heteroatoms. The maximum atomic E-state index is 5.39. The number of terminal acetylenes is 1. The van der Waals surface area contributed by atoms with Crippen LogP contribution in [0.3, 0.4) is 0 Å². The van der Waals surface area contributed by atoms with Crippen molar-refractivity contribution in [1.29, 1.82) is 0 Å². The Morgan fingerprint density at radius 2 is 2.31 bits per heavy atom. The average molecular weight is 221 g/mol. The van der Waals surface area contributed by atoms with Crippen LogP contribution in [0.5, 0.6) is 5.88 Å². The molecule has 0 aromatic carbocycles. The molecule has 0 fully saturated rings. The van der Waals surface area contributed by atoms with Crippen molar-refractivity contribution in [2.75, 3.05) is 26.1 Å². The van der Waals surface area contributed by atoms with Crippen LogP contribution < -0.4 is 10.1 Å². The minimum Gasteiger partial charge on any atom is -0.477 e. The van der Waals surface area contributed by atoms with Gasteiger partial charge in [0.25, 0.3) is 0 Å². The van der Waals surface area contributed by atoms with Gasteiger partial charge in [0, 0.05) is 26.6 Å². The van der Waals surface area contributed by atoms with Gasteiger partial charge in [-0.3, -0.25) is 0 Å². The number of methoxy groups -OCH3 is 1. The van der Waals surface area contributed by atoms with Crippen LogP contribution in [0, 0.1) is 12.3 Å². The molecule has 0 spiro atoms. The van der Waals surface area contributed by atoms with Crippen molar-refractivity contribution < 1.29 is 9.47 Å². The fourth-order valence-electron chi connectivity index (χ4n) is 1.08. The zero-order chi connectivity index (χ0) is 11.8. The van der Waals surface area contributed by atoms with Crippen LogP contribution in [-0.4, -0.2) is 30.7 Å². The second-order valence-corrected chi connectivity index (χ2v) is 2.99. The molecule has 0 unspecified atom stereocenters. The second-order valence-electron chi connectivity index (χ2n) is 2.99. The monoisotopic (exact) mass is 221 g/mol. The van der Waals surface area contributed by atoms with Crippen molar-refractivity contribution in [3.8, 4) is 18.2 Å². The topological polar surface area (TPSA) is 56.3 Å². The van der Waals surface area contributed by atoms with E-state index in [0.29, 0.717) is 37.2 Å². The first kappa shape index (κ1) is 12.3. The molecule has 0 aliphatic rings. The third-order valence-corrected chi connectivity index (χ3v) is 1.77. The van der Waals surface area contributed by atoms with E-state index in [0.717, 1.165) is 0 Å². The quantitative estimate of drug-likeness (QED) is 0.575. The first-order valence-corrected chi connectivity index (χ1v) is 4.91. The molecule has 0 saturated carbocycles. The van der Waals surface area contributed by atoms with Gasteiger partial charge in [0.15, 0.2) is 5.82 Å². The summed E-state index contributed by atoms with van der Waals surface area (Å²) in [7, 11) is 3.37. The number of hydrogen-bond acceptors (Lipinski definition) is 5. The number of anilines is 1. The van der Waals surface area contributed by atoms with E-state index >= 15 is 0 Å². The molecular weight excluding hydrogens is 206 g/mol. The van der Waals surface area contributed by atoms with Gasteiger partial charge < -0.3 is 14.8 Å². The van der Waals surface area contributed by atoms with Gasteiger partial charge in [-0.2, -0.15) is 4.98 Å². The summed E-state index contributed by atoms with van der Waals surface area (Å²) in [4.78, 5) is 8.38. The molecule has 0 radical (unpaired) electrons. The number of nitrogens with zero attached hydrogens (tertiary/aromatic N) is 2. The van der Waals surface area contributed by atoms with Gasteiger partial charge in [0.2, 0.25) is 5.88 Å². The maximum absolute atomic E-state index is 5.39. The molecule has 0 amide bonds. The van der Waals surface area contributed by atoms with E-state index in [-0.39, 0.29) is 0 Å². The van der Waals surface area contributed by atoms with Crippen molar-refractivity contribution in [1.82, 2.24) is 9.97 Å². The predicted octanol–water partition coefficient (Wildman–Crippen LogP) is 1.07. The molecule has 5 nitrogen and oxygen atoms in total. The van der Waals surface area contributed by atoms with Crippen LogP contribution in [0.15, 0.2) is 6.07 Å². The number of ether oxygens (including phenoxy) is 2. The molecule has 1 rings (SSSR count). The largest absolute Gasteiger partial charge is 0.477 e. The summed E-state index contributed by atoms with van der Waals surface area (Å²) in [6.45, 7) is 0.796. The standard InChI is InChI=1S/C11H15N3O2/c1-4-5-6-16-11-7-9(12-2)13-10(14-11)8-15-3/h1,7H,5-6,8H2,2-3H3,(H,12,13,14). The molecule has 1 aromatic rings. The molecule has 0 bridgehead atoms. The third-order valence-electron chi connectivity index (χ3n) is 1.77. The summed E-state index contributed by atoms with van der Waals surface area (Å²) >= 11 is 0. The minimum absolute atomic E-state index is 0.348. The summed E-state index contributed by atoms with van der Waals surface area (Å²) in [6, 6.07) is 1.72. The Labute approximate surface area is 95.2 Å². The zero-order valence-electron chi connectivity index (χ0n) is 9.49. The van der Waals surface area contributed by atoms with E-state index in [9.17, 15) is 0 Å². The molecule has 16 heavy (non-hydrogen) atoms. The van der Waals surface area contributed by atoms with E-state index < -0.39 is 0 Å². The van der Waals surface area contributed by atoms with Gasteiger partial charge in [-0.25, -0.2) is 4.98 Å². The molecule has 0 atom stereocenters. The lowest BCUT2D eigenvalue weighted by Crippen LogP contribution is -2.05. The van der Waals surface area contributed by atoms with Crippen molar-refractivity contribution in [3.63, 3.8) is 0 Å².